The molecule has 3 rings (SSSR count). The van der Waals surface area contributed by atoms with E-state index in [1.54, 1.807) is 0 Å². The molecule has 0 atom stereocenters. The second-order valence-electron chi connectivity index (χ2n) is 6.86. The number of H-pyrrole nitrogens is 1. The Morgan fingerprint density at radius 2 is 1.92 bits per heavy atom. The molecule has 0 saturated carbocycles. The van der Waals surface area contributed by atoms with E-state index in [-0.39, 0.29) is 0 Å². The third kappa shape index (κ3) is 4.72. The van der Waals surface area contributed by atoms with Gasteiger partial charge in [-0.15, -0.1) is 0 Å². The van der Waals surface area contributed by atoms with Crippen LogP contribution >= 0.6 is 0 Å². The summed E-state index contributed by atoms with van der Waals surface area (Å²) in [4.78, 5) is 12.4. The topological polar surface area (TPSA) is 65.6 Å². The monoisotopic (exact) mass is 337 g/mol. The maximum absolute atomic E-state index is 4.57. The van der Waals surface area contributed by atoms with Gasteiger partial charge in [0.15, 0.2) is 0 Å². The highest BCUT2D eigenvalue weighted by atomic mass is 15.1. The molecule has 0 spiro atoms. The van der Waals surface area contributed by atoms with Gasteiger partial charge < -0.3 is 15.6 Å². The molecule has 3 N–H and O–H groups in total. The number of fused-ring (bicyclic) bond motifs is 1. The van der Waals surface area contributed by atoms with Crippen molar-refractivity contribution in [2.24, 2.45) is 5.92 Å². The fraction of sp³-hybridized carbons (Fsp3) is 0.400. The third-order valence-corrected chi connectivity index (χ3v) is 4.23. The second-order valence-corrected chi connectivity index (χ2v) is 6.86. The summed E-state index contributed by atoms with van der Waals surface area (Å²) in [5, 5.41) is 8.03. The predicted octanol–water partition coefficient (Wildman–Crippen LogP) is 4.38. The number of anilines is 2. The zero-order chi connectivity index (χ0) is 17.6. The van der Waals surface area contributed by atoms with Crippen LogP contribution in [0.5, 0.6) is 0 Å². The molecule has 5 nitrogen and oxygen atoms in total. The van der Waals surface area contributed by atoms with E-state index in [2.05, 4.69) is 69.9 Å². The van der Waals surface area contributed by atoms with Crippen molar-refractivity contribution < 1.29 is 0 Å². The van der Waals surface area contributed by atoms with Crippen molar-refractivity contribution in [2.75, 3.05) is 23.7 Å². The van der Waals surface area contributed by atoms with E-state index in [1.165, 1.54) is 16.5 Å². The van der Waals surface area contributed by atoms with E-state index in [0.29, 0.717) is 11.9 Å². The van der Waals surface area contributed by atoms with Crippen LogP contribution in [0.25, 0.3) is 10.9 Å². The normalized spacial score (nSPS) is 11.2. The molecule has 0 aliphatic heterocycles. The van der Waals surface area contributed by atoms with E-state index < -0.39 is 0 Å². The highest BCUT2D eigenvalue weighted by molar-refractivity contribution is 5.83. The molecule has 3 aromatic rings. The molecule has 2 heterocycles. The lowest BCUT2D eigenvalue weighted by atomic mass is 10.1. The van der Waals surface area contributed by atoms with E-state index >= 15 is 0 Å². The van der Waals surface area contributed by atoms with Gasteiger partial charge in [-0.2, -0.15) is 4.98 Å². The van der Waals surface area contributed by atoms with Crippen LogP contribution in [-0.4, -0.2) is 28.0 Å². The quantitative estimate of drug-likeness (QED) is 0.571. The molecule has 132 valence electrons. The number of aromatic amines is 1. The van der Waals surface area contributed by atoms with Crippen molar-refractivity contribution in [1.29, 1.82) is 0 Å². The van der Waals surface area contributed by atoms with Crippen molar-refractivity contribution in [2.45, 2.75) is 33.6 Å². The number of para-hydroxylation sites is 1. The first kappa shape index (κ1) is 17.3. The van der Waals surface area contributed by atoms with Gasteiger partial charge in [-0.25, -0.2) is 4.98 Å². The standard InChI is InChI=1S/C20H27N5/c1-14(2)8-10-22-20-24-15(3)12-19(25-20)21-11-9-16-13-23-18-7-5-4-6-17(16)18/h4-7,12-14,23H,8-11H2,1-3H3,(H2,21,22,24,25). The van der Waals surface area contributed by atoms with Gasteiger partial charge in [0.05, 0.1) is 0 Å². The number of nitrogens with one attached hydrogen (secondary N) is 3. The van der Waals surface area contributed by atoms with Crippen LogP contribution in [0, 0.1) is 12.8 Å². The number of nitrogens with zero attached hydrogens (tertiary/aromatic N) is 2. The highest BCUT2D eigenvalue weighted by Gasteiger charge is 2.05. The Labute approximate surface area is 149 Å². The molecule has 0 unspecified atom stereocenters. The molecule has 2 aromatic heterocycles. The summed E-state index contributed by atoms with van der Waals surface area (Å²) in [5.74, 6) is 2.25. The molecule has 0 saturated heterocycles. The van der Waals surface area contributed by atoms with Crippen molar-refractivity contribution in [1.82, 2.24) is 15.0 Å². The summed E-state index contributed by atoms with van der Waals surface area (Å²) in [6, 6.07) is 10.4. The van der Waals surface area contributed by atoms with Gasteiger partial charge in [0.25, 0.3) is 0 Å². The highest BCUT2D eigenvalue weighted by Crippen LogP contribution is 2.18. The minimum atomic E-state index is 0.672. The minimum absolute atomic E-state index is 0.672. The Morgan fingerprint density at radius 1 is 1.08 bits per heavy atom. The summed E-state index contributed by atoms with van der Waals surface area (Å²) in [6.07, 6.45) is 4.15. The molecule has 1 aromatic carbocycles. The van der Waals surface area contributed by atoms with Crippen molar-refractivity contribution in [3.05, 3.63) is 47.8 Å². The van der Waals surface area contributed by atoms with Gasteiger partial charge in [0.1, 0.15) is 5.82 Å². The Kier molecular flexibility index (Phi) is 5.53. The van der Waals surface area contributed by atoms with Crippen molar-refractivity contribution in [3.8, 4) is 0 Å². The maximum Gasteiger partial charge on any atom is 0.224 e. The first-order valence-corrected chi connectivity index (χ1v) is 9.00. The Hall–Kier alpha value is -2.56. The van der Waals surface area contributed by atoms with Gasteiger partial charge in [0.2, 0.25) is 5.95 Å². The van der Waals surface area contributed by atoms with Gasteiger partial charge in [-0.1, -0.05) is 32.0 Å². The number of benzene rings is 1. The van der Waals surface area contributed by atoms with Crippen molar-refractivity contribution >= 4 is 22.7 Å². The summed E-state index contributed by atoms with van der Waals surface area (Å²) >= 11 is 0. The SMILES string of the molecule is Cc1cc(NCCc2c[nH]c3ccccc23)nc(NCCC(C)C)n1. The fourth-order valence-corrected chi connectivity index (χ4v) is 2.87. The average molecular weight is 337 g/mol. The molecule has 5 heteroatoms. The van der Waals surface area contributed by atoms with Gasteiger partial charge in [-0.05, 0) is 37.3 Å². The molecule has 0 fully saturated rings. The van der Waals surface area contributed by atoms with Crippen molar-refractivity contribution in [3.63, 3.8) is 0 Å². The summed E-state index contributed by atoms with van der Waals surface area (Å²) in [7, 11) is 0. The van der Waals surface area contributed by atoms with E-state index in [1.807, 2.05) is 13.0 Å². The molecule has 0 radical (unpaired) electrons. The van der Waals surface area contributed by atoms with E-state index in [0.717, 1.165) is 37.4 Å². The maximum atomic E-state index is 4.57. The molecule has 0 aliphatic carbocycles. The molecule has 0 bridgehead atoms. The van der Waals surface area contributed by atoms with Crippen LogP contribution in [0.2, 0.25) is 0 Å². The Bertz CT molecular complexity index is 822. The largest absolute Gasteiger partial charge is 0.370 e. The molecule has 0 aliphatic rings. The van der Waals surface area contributed by atoms with E-state index in [9.17, 15) is 0 Å². The van der Waals surface area contributed by atoms with Gasteiger partial charge in [-0.3, -0.25) is 0 Å². The summed E-state index contributed by atoms with van der Waals surface area (Å²) < 4.78 is 0. The van der Waals surface area contributed by atoms with Crippen LogP contribution in [0.1, 0.15) is 31.5 Å². The lowest BCUT2D eigenvalue weighted by Crippen LogP contribution is -2.11. The van der Waals surface area contributed by atoms with E-state index in [4.69, 9.17) is 0 Å². The van der Waals surface area contributed by atoms with Crippen LogP contribution in [0.4, 0.5) is 11.8 Å². The average Bonchev–Trinajstić information content (AvgIpc) is 2.97. The zero-order valence-corrected chi connectivity index (χ0v) is 15.3. The first-order chi connectivity index (χ1) is 12.1. The van der Waals surface area contributed by atoms with Crippen LogP contribution in [0.3, 0.4) is 0 Å². The lowest BCUT2D eigenvalue weighted by Gasteiger charge is -2.10. The predicted molar refractivity (Wildman–Crippen MR) is 105 cm³/mol. The number of hydrogen-bond acceptors (Lipinski definition) is 4. The first-order valence-electron chi connectivity index (χ1n) is 9.00. The molecule has 25 heavy (non-hydrogen) atoms. The minimum Gasteiger partial charge on any atom is -0.370 e. The number of aromatic nitrogens is 3. The van der Waals surface area contributed by atoms with Gasteiger partial charge in [0, 0.05) is 41.9 Å². The Balaban J connectivity index is 1.58. The second kappa shape index (κ2) is 8.01. The number of hydrogen-bond donors (Lipinski definition) is 3. The van der Waals surface area contributed by atoms with Gasteiger partial charge >= 0.3 is 0 Å². The molecular weight excluding hydrogens is 310 g/mol. The van der Waals surface area contributed by atoms with Crippen LogP contribution in [-0.2, 0) is 6.42 Å². The molecule has 0 amide bonds. The lowest BCUT2D eigenvalue weighted by molar-refractivity contribution is 0.606. The summed E-state index contributed by atoms with van der Waals surface area (Å²) in [5.41, 5.74) is 3.48. The smallest absolute Gasteiger partial charge is 0.224 e. The zero-order valence-electron chi connectivity index (χ0n) is 15.3. The fourth-order valence-electron chi connectivity index (χ4n) is 2.87. The number of aryl methyl sites for hydroxylation is 1. The molecular formula is C20H27N5. The van der Waals surface area contributed by atoms with Crippen LogP contribution in [0.15, 0.2) is 36.5 Å². The van der Waals surface area contributed by atoms with Crippen LogP contribution < -0.4 is 10.6 Å². The Morgan fingerprint density at radius 3 is 2.76 bits per heavy atom. The number of rotatable bonds is 8. The summed E-state index contributed by atoms with van der Waals surface area (Å²) in [6.45, 7) is 8.17. The third-order valence-electron chi connectivity index (χ3n) is 4.23.